The van der Waals surface area contributed by atoms with Gasteiger partial charge < -0.3 is 14.6 Å². The number of benzene rings is 1. The van der Waals surface area contributed by atoms with Crippen molar-refractivity contribution in [1.29, 1.82) is 0 Å². The molecule has 1 unspecified atom stereocenters. The minimum absolute atomic E-state index is 0.160. The molecule has 3 heterocycles. The maximum Gasteiger partial charge on any atom is 0.254 e. The first kappa shape index (κ1) is 17.0. The number of aromatic amines is 1. The number of amides is 2. The topological polar surface area (TPSA) is 104 Å². The molecule has 3 aromatic rings. The highest BCUT2D eigenvalue weighted by Gasteiger charge is 2.34. The molecule has 0 aliphatic carbocycles. The molecule has 1 fully saturated rings. The van der Waals surface area contributed by atoms with Crippen molar-refractivity contribution in [2.75, 3.05) is 6.54 Å². The van der Waals surface area contributed by atoms with Crippen molar-refractivity contribution in [3.8, 4) is 11.4 Å². The molecular formula is C19H19N5O3. The van der Waals surface area contributed by atoms with E-state index in [1.165, 1.54) is 6.33 Å². The summed E-state index contributed by atoms with van der Waals surface area (Å²) in [6.45, 7) is 0.871. The summed E-state index contributed by atoms with van der Waals surface area (Å²) in [6, 6.07) is 10.3. The van der Waals surface area contributed by atoms with Crippen molar-refractivity contribution in [3.05, 3.63) is 60.3 Å². The summed E-state index contributed by atoms with van der Waals surface area (Å²) < 4.78 is 5.23. The molecule has 27 heavy (non-hydrogen) atoms. The van der Waals surface area contributed by atoms with E-state index in [1.807, 2.05) is 6.07 Å². The van der Waals surface area contributed by atoms with Gasteiger partial charge in [0.25, 0.3) is 5.91 Å². The molecule has 1 atom stereocenters. The lowest BCUT2D eigenvalue weighted by Crippen LogP contribution is -2.45. The molecule has 1 saturated heterocycles. The molecule has 2 aromatic heterocycles. The zero-order valence-corrected chi connectivity index (χ0v) is 14.6. The van der Waals surface area contributed by atoms with E-state index < -0.39 is 6.04 Å². The maximum atomic E-state index is 13.0. The van der Waals surface area contributed by atoms with Crippen LogP contribution in [-0.2, 0) is 11.3 Å². The number of aromatic nitrogens is 3. The average Bonchev–Trinajstić information content (AvgIpc) is 3.47. The zero-order valence-electron chi connectivity index (χ0n) is 14.6. The Bertz CT molecular complexity index is 921. The van der Waals surface area contributed by atoms with Gasteiger partial charge in [-0.05, 0) is 37.1 Å². The van der Waals surface area contributed by atoms with Gasteiger partial charge >= 0.3 is 0 Å². The van der Waals surface area contributed by atoms with Gasteiger partial charge in [-0.3, -0.25) is 14.7 Å². The SMILES string of the molecule is O=C(NCc1ccco1)C1CCCN1C(=O)c1cccc(-c2ncn[nH]2)c1. The lowest BCUT2D eigenvalue weighted by Gasteiger charge is -2.24. The number of likely N-dealkylation sites (tertiary alicyclic amines) is 1. The first-order chi connectivity index (χ1) is 13.2. The first-order valence-corrected chi connectivity index (χ1v) is 8.79. The second-order valence-electron chi connectivity index (χ2n) is 6.37. The highest BCUT2D eigenvalue weighted by molar-refractivity contribution is 5.98. The average molecular weight is 365 g/mol. The van der Waals surface area contributed by atoms with E-state index in [-0.39, 0.29) is 11.8 Å². The van der Waals surface area contributed by atoms with E-state index in [0.29, 0.717) is 36.7 Å². The van der Waals surface area contributed by atoms with Gasteiger partial charge in [-0.2, -0.15) is 5.10 Å². The standard InChI is InChI=1S/C19H19N5O3/c25-18(20-11-15-6-3-9-27-15)16-7-2-8-24(16)19(26)14-5-1-4-13(10-14)17-21-12-22-23-17/h1,3-6,9-10,12,16H,2,7-8,11H2,(H,20,25)(H,21,22,23). The number of hydrogen-bond acceptors (Lipinski definition) is 5. The zero-order chi connectivity index (χ0) is 18.6. The van der Waals surface area contributed by atoms with Crippen molar-refractivity contribution in [1.82, 2.24) is 25.4 Å². The Balaban J connectivity index is 1.47. The fourth-order valence-electron chi connectivity index (χ4n) is 3.30. The third-order valence-corrected chi connectivity index (χ3v) is 4.63. The van der Waals surface area contributed by atoms with Crippen LogP contribution < -0.4 is 5.32 Å². The molecule has 0 saturated carbocycles. The fourth-order valence-corrected chi connectivity index (χ4v) is 3.30. The summed E-state index contributed by atoms with van der Waals surface area (Å²) in [5.41, 5.74) is 1.30. The van der Waals surface area contributed by atoms with Crippen molar-refractivity contribution < 1.29 is 14.0 Å². The van der Waals surface area contributed by atoms with Gasteiger partial charge in [-0.15, -0.1) is 0 Å². The van der Waals surface area contributed by atoms with Crippen LogP contribution in [-0.4, -0.2) is 44.5 Å². The number of hydrogen-bond donors (Lipinski definition) is 2. The largest absolute Gasteiger partial charge is 0.467 e. The molecule has 2 amide bonds. The van der Waals surface area contributed by atoms with Crippen LogP contribution in [0, 0.1) is 0 Å². The van der Waals surface area contributed by atoms with Crippen LogP contribution >= 0.6 is 0 Å². The molecule has 1 aliphatic heterocycles. The fraction of sp³-hybridized carbons (Fsp3) is 0.263. The van der Waals surface area contributed by atoms with Gasteiger partial charge in [0, 0.05) is 17.7 Å². The number of carbonyl (C=O) groups excluding carboxylic acids is 2. The molecular weight excluding hydrogens is 346 g/mol. The van der Waals surface area contributed by atoms with Gasteiger partial charge in [-0.1, -0.05) is 12.1 Å². The quantitative estimate of drug-likeness (QED) is 0.719. The number of nitrogens with one attached hydrogen (secondary N) is 2. The lowest BCUT2D eigenvalue weighted by molar-refractivity contribution is -0.125. The smallest absolute Gasteiger partial charge is 0.254 e. The van der Waals surface area contributed by atoms with E-state index in [2.05, 4.69) is 20.5 Å². The van der Waals surface area contributed by atoms with Gasteiger partial charge in [0.2, 0.25) is 5.91 Å². The molecule has 0 radical (unpaired) electrons. The van der Waals surface area contributed by atoms with Crippen LogP contribution in [0.4, 0.5) is 0 Å². The van der Waals surface area contributed by atoms with Gasteiger partial charge in [0.05, 0.1) is 12.8 Å². The Morgan fingerprint density at radius 1 is 1.30 bits per heavy atom. The van der Waals surface area contributed by atoms with E-state index >= 15 is 0 Å². The molecule has 8 nitrogen and oxygen atoms in total. The number of carbonyl (C=O) groups is 2. The van der Waals surface area contributed by atoms with Gasteiger partial charge in [-0.25, -0.2) is 4.98 Å². The summed E-state index contributed by atoms with van der Waals surface area (Å²) in [5, 5.41) is 9.47. The highest BCUT2D eigenvalue weighted by atomic mass is 16.3. The minimum Gasteiger partial charge on any atom is -0.467 e. The Labute approximate surface area is 155 Å². The second-order valence-corrected chi connectivity index (χ2v) is 6.37. The maximum absolute atomic E-state index is 13.0. The molecule has 0 spiro atoms. The van der Waals surface area contributed by atoms with Gasteiger partial charge in [0.1, 0.15) is 18.1 Å². The number of H-pyrrole nitrogens is 1. The molecule has 1 aliphatic rings. The second kappa shape index (κ2) is 7.45. The van der Waals surface area contributed by atoms with Gasteiger partial charge in [0.15, 0.2) is 5.82 Å². The molecule has 4 rings (SSSR count). The third-order valence-electron chi connectivity index (χ3n) is 4.63. The number of furan rings is 1. The van der Waals surface area contributed by atoms with E-state index in [1.54, 1.807) is 41.5 Å². The van der Waals surface area contributed by atoms with Crippen molar-refractivity contribution in [3.63, 3.8) is 0 Å². The Kier molecular flexibility index (Phi) is 4.69. The highest BCUT2D eigenvalue weighted by Crippen LogP contribution is 2.23. The third kappa shape index (κ3) is 3.59. The number of rotatable bonds is 5. The monoisotopic (exact) mass is 365 g/mol. The van der Waals surface area contributed by atoms with Crippen molar-refractivity contribution in [2.45, 2.75) is 25.4 Å². The Morgan fingerprint density at radius 2 is 2.22 bits per heavy atom. The molecule has 1 aromatic carbocycles. The predicted octanol–water partition coefficient (Wildman–Crippen LogP) is 1.99. The molecule has 138 valence electrons. The van der Waals surface area contributed by atoms with Crippen molar-refractivity contribution >= 4 is 11.8 Å². The number of nitrogens with zero attached hydrogens (tertiary/aromatic N) is 3. The van der Waals surface area contributed by atoms with E-state index in [4.69, 9.17) is 4.42 Å². The lowest BCUT2D eigenvalue weighted by atomic mass is 10.1. The first-order valence-electron chi connectivity index (χ1n) is 8.79. The normalized spacial score (nSPS) is 16.4. The molecule has 8 heteroatoms. The van der Waals surface area contributed by atoms with E-state index in [0.717, 1.165) is 12.0 Å². The minimum atomic E-state index is -0.471. The Hall–Kier alpha value is -3.42. The predicted molar refractivity (Wildman–Crippen MR) is 96.4 cm³/mol. The summed E-state index contributed by atoms with van der Waals surface area (Å²) in [4.78, 5) is 31.3. The van der Waals surface area contributed by atoms with Crippen LogP contribution in [0.15, 0.2) is 53.4 Å². The van der Waals surface area contributed by atoms with Crippen LogP contribution in [0.3, 0.4) is 0 Å². The van der Waals surface area contributed by atoms with Crippen molar-refractivity contribution in [2.24, 2.45) is 0 Å². The van der Waals surface area contributed by atoms with Crippen LogP contribution in [0.2, 0.25) is 0 Å². The van der Waals surface area contributed by atoms with E-state index in [9.17, 15) is 9.59 Å². The summed E-state index contributed by atoms with van der Waals surface area (Å²) in [7, 11) is 0. The molecule has 2 N–H and O–H groups in total. The van der Waals surface area contributed by atoms with Crippen LogP contribution in [0.25, 0.3) is 11.4 Å². The summed E-state index contributed by atoms with van der Waals surface area (Å²) in [6.07, 6.45) is 4.43. The van der Waals surface area contributed by atoms with Crippen LogP contribution in [0.5, 0.6) is 0 Å². The van der Waals surface area contributed by atoms with Crippen LogP contribution in [0.1, 0.15) is 29.0 Å². The Morgan fingerprint density at radius 3 is 3.00 bits per heavy atom. The summed E-state index contributed by atoms with van der Waals surface area (Å²) >= 11 is 0. The molecule has 0 bridgehead atoms. The summed E-state index contributed by atoms with van der Waals surface area (Å²) in [5.74, 6) is 0.952.